The number of fused-ring (bicyclic) bond motifs is 1. The minimum absolute atomic E-state index is 0.0316. The number of para-hydroxylation sites is 1. The van der Waals surface area contributed by atoms with E-state index in [-0.39, 0.29) is 41.3 Å². The Morgan fingerprint density at radius 1 is 1.27 bits per heavy atom. The smallest absolute Gasteiger partial charge is 0.321 e. The fourth-order valence-electron chi connectivity index (χ4n) is 5.09. The summed E-state index contributed by atoms with van der Waals surface area (Å²) in [5.74, 6) is 0.0371. The molecule has 30 heavy (non-hydrogen) atoms. The zero-order valence-corrected chi connectivity index (χ0v) is 17.5. The van der Waals surface area contributed by atoms with Crippen LogP contribution in [0.5, 0.6) is 5.75 Å². The number of nitro groups is 1. The number of amides is 1. The molecule has 3 unspecified atom stereocenters. The summed E-state index contributed by atoms with van der Waals surface area (Å²) in [5.41, 5.74) is 5.48. The first-order valence-electron chi connectivity index (χ1n) is 10.9. The predicted octanol–water partition coefficient (Wildman–Crippen LogP) is 3.46. The van der Waals surface area contributed by atoms with Crippen LogP contribution in [0.3, 0.4) is 0 Å². The van der Waals surface area contributed by atoms with Crippen LogP contribution >= 0.6 is 0 Å². The normalized spacial score (nSPS) is 22.7. The zero-order valence-electron chi connectivity index (χ0n) is 17.5. The van der Waals surface area contributed by atoms with Gasteiger partial charge in [-0.15, -0.1) is 0 Å². The maximum Gasteiger partial charge on any atom is 0.321 e. The number of rotatable bonds is 9. The Kier molecular flexibility index (Phi) is 7.42. The maximum atomic E-state index is 12.2. The largest absolute Gasteiger partial charge is 0.487 e. The lowest BCUT2D eigenvalue weighted by atomic mass is 9.77. The highest BCUT2D eigenvalue weighted by Crippen LogP contribution is 2.37. The van der Waals surface area contributed by atoms with Crippen molar-refractivity contribution >= 4 is 17.4 Å². The quantitative estimate of drug-likeness (QED) is 0.285. The second kappa shape index (κ2) is 10.0. The molecule has 1 saturated heterocycles. The summed E-state index contributed by atoms with van der Waals surface area (Å²) in [4.78, 5) is 37.0. The molecule has 1 amide bonds. The summed E-state index contributed by atoms with van der Waals surface area (Å²) >= 11 is 0. The zero-order chi connectivity index (χ0) is 21.7. The second-order valence-corrected chi connectivity index (χ2v) is 8.37. The molecule has 2 N–H and O–H groups in total. The number of Topliss-reactive ketones (excluding diaryl/α,β-unsaturated/α-hetero) is 1. The third-order valence-corrected chi connectivity index (χ3v) is 6.46. The minimum Gasteiger partial charge on any atom is -0.487 e. The van der Waals surface area contributed by atoms with Crippen molar-refractivity contribution in [2.45, 2.75) is 70.4 Å². The maximum absolute atomic E-state index is 12.2. The van der Waals surface area contributed by atoms with E-state index in [0.29, 0.717) is 24.8 Å². The highest BCUT2D eigenvalue weighted by Gasteiger charge is 2.38. The van der Waals surface area contributed by atoms with E-state index in [1.165, 1.54) is 44.7 Å². The van der Waals surface area contributed by atoms with Crippen LogP contribution in [0.15, 0.2) is 18.2 Å². The lowest BCUT2D eigenvalue weighted by Gasteiger charge is -2.46. The molecular formula is C22H31N3O5. The molecule has 0 spiro atoms. The lowest BCUT2D eigenvalue weighted by molar-refractivity contribution is -0.386. The Morgan fingerprint density at radius 3 is 2.70 bits per heavy atom. The summed E-state index contributed by atoms with van der Waals surface area (Å²) in [6, 6.07) is 4.58. The molecule has 8 heteroatoms. The lowest BCUT2D eigenvalue weighted by Crippen LogP contribution is -2.55. The third kappa shape index (κ3) is 4.98. The summed E-state index contributed by atoms with van der Waals surface area (Å²) in [7, 11) is 0. The monoisotopic (exact) mass is 417 g/mol. The van der Waals surface area contributed by atoms with Gasteiger partial charge in [-0.25, -0.2) is 0 Å². The van der Waals surface area contributed by atoms with Crippen LogP contribution in [0, 0.1) is 16.0 Å². The number of carbonyl (C=O) groups excluding carboxylic acids is 2. The molecule has 1 aromatic rings. The molecule has 1 aromatic carbocycles. The molecule has 0 radical (unpaired) electrons. The summed E-state index contributed by atoms with van der Waals surface area (Å²) < 4.78 is 5.65. The number of benzene rings is 1. The van der Waals surface area contributed by atoms with Gasteiger partial charge in [-0.3, -0.25) is 24.6 Å². The van der Waals surface area contributed by atoms with Crippen molar-refractivity contribution in [3.05, 3.63) is 33.9 Å². The number of hydrogen-bond donors (Lipinski definition) is 1. The number of nitrogens with two attached hydrogens (primary N) is 1. The van der Waals surface area contributed by atoms with Gasteiger partial charge in [0, 0.05) is 6.04 Å². The first-order chi connectivity index (χ1) is 14.4. The van der Waals surface area contributed by atoms with Crippen molar-refractivity contribution in [3.8, 4) is 5.75 Å². The van der Waals surface area contributed by atoms with Crippen LogP contribution in [0.2, 0.25) is 0 Å². The number of piperidine rings is 1. The van der Waals surface area contributed by atoms with E-state index < -0.39 is 4.92 Å². The Bertz CT molecular complexity index is 795. The molecule has 1 heterocycles. The molecule has 1 saturated carbocycles. The number of ether oxygens (including phenoxy) is 1. The van der Waals surface area contributed by atoms with Gasteiger partial charge < -0.3 is 10.5 Å². The van der Waals surface area contributed by atoms with Crippen LogP contribution in [0.4, 0.5) is 5.69 Å². The van der Waals surface area contributed by atoms with Crippen LogP contribution < -0.4 is 10.5 Å². The fourth-order valence-corrected chi connectivity index (χ4v) is 5.09. The Hall–Kier alpha value is -2.48. The van der Waals surface area contributed by atoms with E-state index in [9.17, 15) is 19.7 Å². The minimum atomic E-state index is -0.588. The van der Waals surface area contributed by atoms with Crippen molar-refractivity contribution in [3.63, 3.8) is 0 Å². The molecule has 0 bridgehead atoms. The van der Waals surface area contributed by atoms with Crippen LogP contribution in [-0.2, 0) is 4.79 Å². The average Bonchev–Trinajstić information content (AvgIpc) is 2.72. The van der Waals surface area contributed by atoms with E-state index in [0.717, 1.165) is 19.4 Å². The molecule has 164 valence electrons. The summed E-state index contributed by atoms with van der Waals surface area (Å²) in [6.07, 6.45) is 8.23. The predicted molar refractivity (Wildman–Crippen MR) is 112 cm³/mol. The van der Waals surface area contributed by atoms with E-state index in [1.807, 2.05) is 0 Å². The van der Waals surface area contributed by atoms with Gasteiger partial charge in [0.1, 0.15) is 0 Å². The number of nitrogens with zero attached hydrogens (tertiary/aromatic N) is 2. The standard InChI is InChI=1S/C22H31N3O5/c1-15(26)17-9-4-12-20(21(17)25(28)29)30-14-6-11-19(22(23)27)24-13-5-8-16-7-2-3-10-18(16)24/h4,9,12,16,18-19H,2-3,5-8,10-11,13-14H2,1H3,(H2,23,27). The molecule has 3 atom stereocenters. The van der Waals surface area contributed by atoms with Gasteiger partial charge in [0.15, 0.2) is 11.5 Å². The number of carbonyl (C=O) groups is 2. The number of likely N-dealkylation sites (tertiary alicyclic amines) is 1. The molecule has 2 aliphatic rings. The Balaban J connectivity index is 1.62. The summed E-state index contributed by atoms with van der Waals surface area (Å²) in [5, 5.41) is 11.4. The number of nitro benzene ring substituents is 1. The Morgan fingerprint density at radius 2 is 2.00 bits per heavy atom. The Labute approximate surface area is 176 Å². The number of ketones is 1. The van der Waals surface area contributed by atoms with Gasteiger partial charge in [-0.2, -0.15) is 0 Å². The SMILES string of the molecule is CC(=O)c1cccc(OCCCC(C(N)=O)N2CCCC3CCCCC32)c1[N+](=O)[O-]. The molecule has 8 nitrogen and oxygen atoms in total. The molecule has 1 aliphatic carbocycles. The van der Waals surface area contributed by atoms with E-state index in [1.54, 1.807) is 6.07 Å². The van der Waals surface area contributed by atoms with Crippen molar-refractivity contribution in [2.75, 3.05) is 13.2 Å². The number of primary amides is 1. The van der Waals surface area contributed by atoms with Gasteiger partial charge in [0.25, 0.3) is 0 Å². The van der Waals surface area contributed by atoms with E-state index >= 15 is 0 Å². The van der Waals surface area contributed by atoms with Crippen molar-refractivity contribution in [1.29, 1.82) is 0 Å². The van der Waals surface area contributed by atoms with Crippen molar-refractivity contribution < 1.29 is 19.2 Å². The van der Waals surface area contributed by atoms with Gasteiger partial charge in [0.05, 0.1) is 23.1 Å². The van der Waals surface area contributed by atoms with Gasteiger partial charge in [-0.1, -0.05) is 18.9 Å². The molecule has 1 aliphatic heterocycles. The molecular weight excluding hydrogens is 386 g/mol. The van der Waals surface area contributed by atoms with Crippen molar-refractivity contribution in [1.82, 2.24) is 4.90 Å². The highest BCUT2D eigenvalue weighted by molar-refractivity contribution is 5.99. The second-order valence-electron chi connectivity index (χ2n) is 8.37. The van der Waals surface area contributed by atoms with Gasteiger partial charge >= 0.3 is 5.69 Å². The fraction of sp³-hybridized carbons (Fsp3) is 0.636. The first-order valence-corrected chi connectivity index (χ1v) is 10.9. The molecule has 2 fully saturated rings. The summed E-state index contributed by atoms with van der Waals surface area (Å²) in [6.45, 7) is 2.40. The number of hydrogen-bond acceptors (Lipinski definition) is 6. The van der Waals surface area contributed by atoms with E-state index in [2.05, 4.69) is 4.90 Å². The third-order valence-electron chi connectivity index (χ3n) is 6.46. The van der Waals surface area contributed by atoms with E-state index in [4.69, 9.17) is 10.5 Å². The molecule has 0 aromatic heterocycles. The first kappa shape index (κ1) is 22.2. The van der Waals surface area contributed by atoms with Crippen LogP contribution in [-0.4, -0.2) is 46.7 Å². The average molecular weight is 418 g/mol. The van der Waals surface area contributed by atoms with Gasteiger partial charge in [0.2, 0.25) is 5.91 Å². The van der Waals surface area contributed by atoms with Gasteiger partial charge in [-0.05, 0) is 70.0 Å². The highest BCUT2D eigenvalue weighted by atomic mass is 16.6. The van der Waals surface area contributed by atoms with Crippen LogP contribution in [0.1, 0.15) is 68.6 Å². The van der Waals surface area contributed by atoms with Crippen LogP contribution in [0.25, 0.3) is 0 Å². The van der Waals surface area contributed by atoms with Crippen molar-refractivity contribution in [2.24, 2.45) is 11.7 Å². The topological polar surface area (TPSA) is 116 Å². The molecule has 3 rings (SSSR count).